The van der Waals surface area contributed by atoms with Crippen molar-refractivity contribution in [1.82, 2.24) is 15.5 Å². The number of hydrogen-bond acceptors (Lipinski definition) is 3. The molecule has 1 aromatic carbocycles. The summed E-state index contributed by atoms with van der Waals surface area (Å²) in [4.78, 5) is 7.35. The standard InChI is InChI=1S/C22H34N4O/c1-2-23-22(24-13-10-19-11-15-27-16-12-19)25-21-9-6-14-26(18-21)17-20-7-4-3-5-8-20/h3-5,7-8,11,21H,2,6,9-10,12-18H2,1H3,(H2,23,24,25). The lowest BCUT2D eigenvalue weighted by Crippen LogP contribution is -2.51. The highest BCUT2D eigenvalue weighted by molar-refractivity contribution is 5.80. The first kappa shape index (κ1) is 19.9. The molecule has 0 bridgehead atoms. The molecule has 0 saturated carbocycles. The lowest BCUT2D eigenvalue weighted by molar-refractivity contribution is 0.153. The van der Waals surface area contributed by atoms with E-state index in [0.29, 0.717) is 6.04 Å². The highest BCUT2D eigenvalue weighted by Crippen LogP contribution is 2.14. The molecule has 3 rings (SSSR count). The molecule has 27 heavy (non-hydrogen) atoms. The Bertz CT molecular complexity index is 614. The van der Waals surface area contributed by atoms with Gasteiger partial charge in [-0.2, -0.15) is 0 Å². The second-order valence-corrected chi connectivity index (χ2v) is 7.40. The summed E-state index contributed by atoms with van der Waals surface area (Å²) in [5.41, 5.74) is 2.87. The second-order valence-electron chi connectivity index (χ2n) is 7.40. The summed E-state index contributed by atoms with van der Waals surface area (Å²) in [5.74, 6) is 0.955. The van der Waals surface area contributed by atoms with Crippen molar-refractivity contribution >= 4 is 5.96 Å². The Labute approximate surface area is 163 Å². The molecular formula is C22H34N4O. The van der Waals surface area contributed by atoms with Crippen molar-refractivity contribution in [3.05, 3.63) is 47.5 Å². The van der Waals surface area contributed by atoms with Crippen molar-refractivity contribution in [2.24, 2.45) is 4.99 Å². The van der Waals surface area contributed by atoms with Gasteiger partial charge in [-0.3, -0.25) is 9.89 Å². The van der Waals surface area contributed by atoms with Crippen LogP contribution in [0.1, 0.15) is 38.2 Å². The molecule has 0 spiro atoms. The van der Waals surface area contributed by atoms with E-state index in [9.17, 15) is 0 Å². The van der Waals surface area contributed by atoms with Crippen molar-refractivity contribution in [1.29, 1.82) is 0 Å². The van der Waals surface area contributed by atoms with E-state index in [-0.39, 0.29) is 0 Å². The van der Waals surface area contributed by atoms with Crippen molar-refractivity contribution in [2.45, 2.75) is 45.2 Å². The summed E-state index contributed by atoms with van der Waals surface area (Å²) in [6, 6.07) is 11.2. The Morgan fingerprint density at radius 3 is 2.96 bits per heavy atom. The van der Waals surface area contributed by atoms with Gasteiger partial charge in [0.2, 0.25) is 0 Å². The number of benzene rings is 1. The van der Waals surface area contributed by atoms with Gasteiger partial charge in [-0.25, -0.2) is 0 Å². The molecule has 0 amide bonds. The number of aliphatic imine (C=N–C) groups is 1. The molecule has 1 saturated heterocycles. The largest absolute Gasteiger partial charge is 0.377 e. The zero-order valence-electron chi connectivity index (χ0n) is 16.6. The highest BCUT2D eigenvalue weighted by Gasteiger charge is 2.20. The van der Waals surface area contributed by atoms with E-state index in [0.717, 1.165) is 58.2 Å². The smallest absolute Gasteiger partial charge is 0.191 e. The Balaban J connectivity index is 1.48. The minimum Gasteiger partial charge on any atom is -0.377 e. The van der Waals surface area contributed by atoms with E-state index in [1.54, 1.807) is 0 Å². The van der Waals surface area contributed by atoms with Gasteiger partial charge < -0.3 is 15.4 Å². The van der Waals surface area contributed by atoms with Gasteiger partial charge in [-0.05, 0) is 44.7 Å². The zero-order chi connectivity index (χ0) is 18.7. The average Bonchev–Trinajstić information content (AvgIpc) is 2.70. The van der Waals surface area contributed by atoms with Crippen LogP contribution in [0.5, 0.6) is 0 Å². The van der Waals surface area contributed by atoms with Crippen molar-refractivity contribution in [3.63, 3.8) is 0 Å². The summed E-state index contributed by atoms with van der Waals surface area (Å²) in [7, 11) is 0. The van der Waals surface area contributed by atoms with Gasteiger partial charge in [0.15, 0.2) is 5.96 Å². The van der Waals surface area contributed by atoms with E-state index < -0.39 is 0 Å². The second kappa shape index (κ2) is 11.1. The molecule has 1 atom stereocenters. The molecule has 2 heterocycles. The number of likely N-dealkylation sites (tertiary alicyclic amines) is 1. The molecule has 1 aromatic rings. The number of nitrogens with zero attached hydrogens (tertiary/aromatic N) is 2. The number of piperidine rings is 1. The van der Waals surface area contributed by atoms with Crippen LogP contribution >= 0.6 is 0 Å². The lowest BCUT2D eigenvalue weighted by atomic mass is 10.0. The third-order valence-corrected chi connectivity index (χ3v) is 5.20. The van der Waals surface area contributed by atoms with Crippen LogP contribution in [0.3, 0.4) is 0 Å². The SMILES string of the molecule is CCNC(=NCCC1=CCOCC1)NC1CCCN(Cc2ccccc2)C1. The number of hydrogen-bond donors (Lipinski definition) is 2. The van der Waals surface area contributed by atoms with E-state index in [2.05, 4.69) is 58.9 Å². The summed E-state index contributed by atoms with van der Waals surface area (Å²) in [5, 5.41) is 7.07. The van der Waals surface area contributed by atoms with Crippen LogP contribution < -0.4 is 10.6 Å². The Morgan fingerprint density at radius 2 is 2.19 bits per heavy atom. The average molecular weight is 371 g/mol. The van der Waals surface area contributed by atoms with Crippen LogP contribution in [-0.4, -0.2) is 56.3 Å². The van der Waals surface area contributed by atoms with Crippen molar-refractivity contribution < 1.29 is 4.74 Å². The Kier molecular flexibility index (Phi) is 8.18. The van der Waals surface area contributed by atoms with Gasteiger partial charge in [0.1, 0.15) is 0 Å². The zero-order valence-corrected chi connectivity index (χ0v) is 16.6. The highest BCUT2D eigenvalue weighted by atomic mass is 16.5. The summed E-state index contributed by atoms with van der Waals surface area (Å²) < 4.78 is 5.38. The molecule has 2 N–H and O–H groups in total. The van der Waals surface area contributed by atoms with Crippen LogP contribution in [0.25, 0.3) is 0 Å². The molecule has 2 aliphatic heterocycles. The molecule has 5 nitrogen and oxygen atoms in total. The molecule has 1 fully saturated rings. The van der Waals surface area contributed by atoms with Crippen LogP contribution in [0.2, 0.25) is 0 Å². The van der Waals surface area contributed by atoms with Crippen LogP contribution in [0.15, 0.2) is 47.0 Å². The van der Waals surface area contributed by atoms with E-state index in [1.807, 2.05) is 0 Å². The van der Waals surface area contributed by atoms with Crippen molar-refractivity contribution in [3.8, 4) is 0 Å². The maximum atomic E-state index is 5.38. The number of guanidine groups is 1. The summed E-state index contributed by atoms with van der Waals surface area (Å²) >= 11 is 0. The fourth-order valence-electron chi connectivity index (χ4n) is 3.78. The van der Waals surface area contributed by atoms with Crippen LogP contribution in [0, 0.1) is 0 Å². The monoisotopic (exact) mass is 370 g/mol. The normalized spacial score (nSPS) is 21.6. The minimum atomic E-state index is 0.461. The lowest BCUT2D eigenvalue weighted by Gasteiger charge is -2.34. The maximum Gasteiger partial charge on any atom is 0.191 e. The number of rotatable bonds is 7. The van der Waals surface area contributed by atoms with Crippen molar-refractivity contribution in [2.75, 3.05) is 39.4 Å². The summed E-state index contributed by atoms with van der Waals surface area (Å²) in [6.07, 6.45) is 6.73. The third-order valence-electron chi connectivity index (χ3n) is 5.20. The Morgan fingerprint density at radius 1 is 1.30 bits per heavy atom. The predicted molar refractivity (Wildman–Crippen MR) is 112 cm³/mol. The van der Waals surface area contributed by atoms with Gasteiger partial charge in [0.25, 0.3) is 0 Å². The van der Waals surface area contributed by atoms with Crippen LogP contribution in [0.4, 0.5) is 0 Å². The fraction of sp³-hybridized carbons (Fsp3) is 0.591. The van der Waals surface area contributed by atoms with Gasteiger partial charge >= 0.3 is 0 Å². The first-order valence-corrected chi connectivity index (χ1v) is 10.4. The first-order chi connectivity index (χ1) is 13.3. The first-order valence-electron chi connectivity index (χ1n) is 10.4. The summed E-state index contributed by atoms with van der Waals surface area (Å²) in [6.45, 7) is 8.75. The van der Waals surface area contributed by atoms with Gasteiger partial charge in [0.05, 0.1) is 13.2 Å². The third kappa shape index (κ3) is 7.00. The molecule has 2 aliphatic rings. The fourth-order valence-corrected chi connectivity index (χ4v) is 3.78. The molecule has 5 heteroatoms. The molecule has 0 aromatic heterocycles. The molecule has 0 aliphatic carbocycles. The predicted octanol–water partition coefficient (Wildman–Crippen LogP) is 2.94. The number of nitrogens with one attached hydrogen (secondary N) is 2. The van der Waals surface area contributed by atoms with Gasteiger partial charge in [-0.1, -0.05) is 42.0 Å². The van der Waals surface area contributed by atoms with E-state index in [4.69, 9.17) is 9.73 Å². The molecular weight excluding hydrogens is 336 g/mol. The minimum absolute atomic E-state index is 0.461. The van der Waals surface area contributed by atoms with E-state index in [1.165, 1.54) is 30.5 Å². The van der Waals surface area contributed by atoms with E-state index >= 15 is 0 Å². The molecule has 1 unspecified atom stereocenters. The molecule has 148 valence electrons. The van der Waals surface area contributed by atoms with Gasteiger partial charge in [0, 0.05) is 32.2 Å². The topological polar surface area (TPSA) is 48.9 Å². The molecule has 0 radical (unpaired) electrons. The number of ether oxygens (including phenoxy) is 1. The Hall–Kier alpha value is -1.85. The maximum absolute atomic E-state index is 5.38. The van der Waals surface area contributed by atoms with Crippen LogP contribution in [-0.2, 0) is 11.3 Å². The quantitative estimate of drug-likeness (QED) is 0.440. The van der Waals surface area contributed by atoms with Gasteiger partial charge in [-0.15, -0.1) is 0 Å².